The van der Waals surface area contributed by atoms with E-state index in [1.165, 1.54) is 0 Å². The lowest BCUT2D eigenvalue weighted by atomic mass is 10.2. The Morgan fingerprint density at radius 3 is 2.77 bits per heavy atom. The Labute approximate surface area is 128 Å². The molecule has 0 unspecified atom stereocenters. The molecule has 112 valence electrons. The largest absolute Gasteiger partial charge is 0.497 e. The molecule has 0 aliphatic heterocycles. The molecule has 1 aromatic heterocycles. The molecule has 0 saturated heterocycles. The number of benzene rings is 2. The number of hydrogen-bond donors (Lipinski definition) is 1. The number of imidazole rings is 1. The van der Waals surface area contributed by atoms with Crippen molar-refractivity contribution in [3.8, 4) is 11.5 Å². The van der Waals surface area contributed by atoms with Gasteiger partial charge in [0.15, 0.2) is 0 Å². The Balaban J connectivity index is 1.76. The van der Waals surface area contributed by atoms with Crippen LogP contribution in [0.1, 0.15) is 11.4 Å². The van der Waals surface area contributed by atoms with E-state index in [4.69, 9.17) is 9.47 Å². The molecule has 0 atom stereocenters. The lowest BCUT2D eigenvalue weighted by molar-refractivity contribution is 0.391. The molecule has 0 radical (unpaired) electrons. The fourth-order valence-electron chi connectivity index (χ4n) is 2.25. The minimum absolute atomic E-state index is 0.518. The summed E-state index contributed by atoms with van der Waals surface area (Å²) in [6, 6.07) is 13.6. The van der Waals surface area contributed by atoms with Crippen molar-refractivity contribution in [2.45, 2.75) is 6.54 Å². The number of methoxy groups -OCH3 is 2. The highest BCUT2D eigenvalue weighted by Gasteiger charge is 2.04. The monoisotopic (exact) mass is 295 g/mol. The molecule has 0 amide bonds. The van der Waals surface area contributed by atoms with Gasteiger partial charge in [0, 0.05) is 11.6 Å². The van der Waals surface area contributed by atoms with Crippen LogP contribution in [0.2, 0.25) is 0 Å². The maximum atomic E-state index is 5.36. The van der Waals surface area contributed by atoms with E-state index in [-0.39, 0.29) is 0 Å². The zero-order valence-electron chi connectivity index (χ0n) is 12.5. The Bertz CT molecular complexity index is 776. The van der Waals surface area contributed by atoms with Gasteiger partial charge in [0.05, 0.1) is 38.0 Å². The first-order valence-electron chi connectivity index (χ1n) is 6.95. The molecule has 22 heavy (non-hydrogen) atoms. The molecule has 1 N–H and O–H groups in total. The first-order valence-corrected chi connectivity index (χ1v) is 6.95. The van der Waals surface area contributed by atoms with Gasteiger partial charge in [0.1, 0.15) is 17.3 Å². The van der Waals surface area contributed by atoms with E-state index in [0.29, 0.717) is 6.54 Å². The van der Waals surface area contributed by atoms with Crippen LogP contribution in [-0.2, 0) is 6.54 Å². The molecule has 5 heteroatoms. The maximum absolute atomic E-state index is 5.36. The number of aromatic amines is 1. The van der Waals surface area contributed by atoms with Gasteiger partial charge in [0.25, 0.3) is 0 Å². The van der Waals surface area contributed by atoms with Crippen LogP contribution in [0.5, 0.6) is 11.5 Å². The first kappa shape index (κ1) is 14.1. The third kappa shape index (κ3) is 2.93. The van der Waals surface area contributed by atoms with Gasteiger partial charge in [0.2, 0.25) is 0 Å². The molecule has 0 bridgehead atoms. The number of nitrogens with one attached hydrogen (secondary N) is 1. The second-order valence-electron chi connectivity index (χ2n) is 4.79. The zero-order chi connectivity index (χ0) is 15.4. The van der Waals surface area contributed by atoms with Crippen LogP contribution in [0.15, 0.2) is 47.5 Å². The highest BCUT2D eigenvalue weighted by atomic mass is 16.5. The Kier molecular flexibility index (Phi) is 4.05. The lowest BCUT2D eigenvalue weighted by Gasteiger charge is -2.08. The predicted molar refractivity (Wildman–Crippen MR) is 86.9 cm³/mol. The molecule has 0 spiro atoms. The summed E-state index contributed by atoms with van der Waals surface area (Å²) in [5.74, 6) is 2.27. The molecule has 3 rings (SSSR count). The van der Waals surface area contributed by atoms with Gasteiger partial charge in [-0.2, -0.15) is 0 Å². The molecular weight excluding hydrogens is 278 g/mol. The topological polar surface area (TPSA) is 59.5 Å². The number of aromatic nitrogens is 2. The first-order chi connectivity index (χ1) is 10.8. The molecule has 0 saturated carbocycles. The summed E-state index contributed by atoms with van der Waals surface area (Å²) in [5.41, 5.74) is 2.94. The van der Waals surface area contributed by atoms with Crippen LogP contribution in [0.3, 0.4) is 0 Å². The van der Waals surface area contributed by atoms with Crippen molar-refractivity contribution in [2.24, 2.45) is 4.99 Å². The van der Waals surface area contributed by atoms with Gasteiger partial charge in [-0.15, -0.1) is 0 Å². The van der Waals surface area contributed by atoms with Gasteiger partial charge in [-0.3, -0.25) is 4.99 Å². The fraction of sp³-hybridized carbons (Fsp3) is 0.176. The van der Waals surface area contributed by atoms with E-state index in [0.717, 1.165) is 33.9 Å². The van der Waals surface area contributed by atoms with Gasteiger partial charge in [-0.1, -0.05) is 12.1 Å². The van der Waals surface area contributed by atoms with Crippen LogP contribution in [-0.4, -0.2) is 30.4 Å². The number of rotatable bonds is 5. The maximum Gasteiger partial charge on any atom is 0.149 e. The van der Waals surface area contributed by atoms with Gasteiger partial charge >= 0.3 is 0 Å². The average Bonchev–Trinajstić information content (AvgIpc) is 2.97. The summed E-state index contributed by atoms with van der Waals surface area (Å²) in [6.45, 7) is 0.518. The Morgan fingerprint density at radius 1 is 1.14 bits per heavy atom. The van der Waals surface area contributed by atoms with Crippen LogP contribution in [0.25, 0.3) is 11.0 Å². The highest BCUT2D eigenvalue weighted by molar-refractivity contribution is 5.83. The summed E-state index contributed by atoms with van der Waals surface area (Å²) in [7, 11) is 3.27. The van der Waals surface area contributed by atoms with E-state index >= 15 is 0 Å². The Hall–Kier alpha value is -2.82. The second-order valence-corrected chi connectivity index (χ2v) is 4.79. The van der Waals surface area contributed by atoms with Gasteiger partial charge in [-0.25, -0.2) is 4.98 Å². The van der Waals surface area contributed by atoms with Crippen molar-refractivity contribution < 1.29 is 9.47 Å². The van der Waals surface area contributed by atoms with E-state index < -0.39 is 0 Å². The molecular formula is C17H17N3O2. The van der Waals surface area contributed by atoms with Crippen LogP contribution < -0.4 is 9.47 Å². The molecule has 2 aromatic carbocycles. The van der Waals surface area contributed by atoms with Crippen molar-refractivity contribution in [1.29, 1.82) is 0 Å². The third-order valence-electron chi connectivity index (χ3n) is 3.38. The van der Waals surface area contributed by atoms with Crippen molar-refractivity contribution in [2.75, 3.05) is 14.2 Å². The number of para-hydroxylation sites is 2. The van der Waals surface area contributed by atoms with Crippen molar-refractivity contribution in [3.05, 3.63) is 53.9 Å². The SMILES string of the molecule is COc1ccc(C/N=C/c2nc3ccccc3[nH]2)c(OC)c1. The van der Waals surface area contributed by atoms with Gasteiger partial charge in [-0.05, 0) is 24.3 Å². The molecule has 0 aliphatic rings. The third-order valence-corrected chi connectivity index (χ3v) is 3.38. The zero-order valence-corrected chi connectivity index (χ0v) is 12.5. The Morgan fingerprint density at radius 2 is 2.00 bits per heavy atom. The van der Waals surface area contributed by atoms with Crippen molar-refractivity contribution >= 4 is 17.2 Å². The summed E-state index contributed by atoms with van der Waals surface area (Å²) in [4.78, 5) is 12.1. The second kappa shape index (κ2) is 6.30. The van der Waals surface area contributed by atoms with E-state index in [1.54, 1.807) is 20.4 Å². The summed E-state index contributed by atoms with van der Waals surface area (Å²) < 4.78 is 10.5. The lowest BCUT2D eigenvalue weighted by Crippen LogP contribution is -1.93. The smallest absolute Gasteiger partial charge is 0.149 e. The molecule has 0 fully saturated rings. The van der Waals surface area contributed by atoms with Crippen LogP contribution >= 0.6 is 0 Å². The van der Waals surface area contributed by atoms with Crippen LogP contribution in [0.4, 0.5) is 0 Å². The van der Waals surface area contributed by atoms with Crippen LogP contribution in [0, 0.1) is 0 Å². The number of hydrogen-bond acceptors (Lipinski definition) is 4. The van der Waals surface area contributed by atoms with Crippen molar-refractivity contribution in [3.63, 3.8) is 0 Å². The van der Waals surface area contributed by atoms with Gasteiger partial charge < -0.3 is 14.5 Å². The van der Waals surface area contributed by atoms with E-state index in [2.05, 4.69) is 15.0 Å². The summed E-state index contributed by atoms with van der Waals surface area (Å²) in [5, 5.41) is 0. The molecule has 1 heterocycles. The predicted octanol–water partition coefficient (Wildman–Crippen LogP) is 3.20. The standard InChI is InChI=1S/C17H17N3O2/c1-21-13-8-7-12(16(9-13)22-2)10-18-11-17-19-14-5-3-4-6-15(14)20-17/h3-9,11H,10H2,1-2H3,(H,19,20)/b18-11+. The van der Waals surface area contributed by atoms with Crippen molar-refractivity contribution in [1.82, 2.24) is 9.97 Å². The fourth-order valence-corrected chi connectivity index (χ4v) is 2.25. The molecule has 0 aliphatic carbocycles. The average molecular weight is 295 g/mol. The van der Waals surface area contributed by atoms with E-state index in [9.17, 15) is 0 Å². The number of H-pyrrole nitrogens is 1. The van der Waals surface area contributed by atoms with E-state index in [1.807, 2.05) is 42.5 Å². The summed E-state index contributed by atoms with van der Waals surface area (Å²) in [6.07, 6.45) is 1.74. The normalized spacial score (nSPS) is 11.2. The number of ether oxygens (including phenoxy) is 2. The summed E-state index contributed by atoms with van der Waals surface area (Å²) >= 11 is 0. The minimum atomic E-state index is 0.518. The number of nitrogens with zero attached hydrogens (tertiary/aromatic N) is 2. The molecule has 3 aromatic rings. The number of fused-ring (bicyclic) bond motifs is 1. The molecule has 5 nitrogen and oxygen atoms in total. The highest BCUT2D eigenvalue weighted by Crippen LogP contribution is 2.25. The quantitative estimate of drug-likeness (QED) is 0.735. The minimum Gasteiger partial charge on any atom is -0.497 e. The number of aliphatic imine (C=N–C) groups is 1.